The van der Waals surface area contributed by atoms with Crippen LogP contribution in [-0.2, 0) is 4.79 Å². The number of aryl methyl sites for hydroxylation is 1. The van der Waals surface area contributed by atoms with Crippen molar-refractivity contribution in [3.05, 3.63) is 53.1 Å². The Hall–Kier alpha value is -3.09. The number of amides is 3. The van der Waals surface area contributed by atoms with Gasteiger partial charge in [0.05, 0.1) is 43.7 Å². The van der Waals surface area contributed by atoms with E-state index in [1.807, 2.05) is 13.0 Å². The first-order valence-corrected chi connectivity index (χ1v) is 10.7. The Kier molecular flexibility index (Phi) is 5.85. The van der Waals surface area contributed by atoms with E-state index in [4.69, 9.17) is 21.6 Å². The molecule has 0 aromatic carbocycles. The highest BCUT2D eigenvalue weighted by atomic mass is 35.5. The van der Waals surface area contributed by atoms with Crippen LogP contribution in [0.5, 0.6) is 5.75 Å². The Balaban J connectivity index is 1.74. The lowest BCUT2D eigenvalue weighted by Gasteiger charge is -2.40. The van der Waals surface area contributed by atoms with Crippen LogP contribution in [-0.4, -0.2) is 51.8 Å². The number of fused-ring (bicyclic) bond motifs is 1. The van der Waals surface area contributed by atoms with Crippen LogP contribution < -0.4 is 9.64 Å². The van der Waals surface area contributed by atoms with Gasteiger partial charge in [-0.2, -0.15) is 5.26 Å². The van der Waals surface area contributed by atoms with E-state index in [9.17, 15) is 9.59 Å². The number of anilines is 1. The van der Waals surface area contributed by atoms with E-state index in [1.165, 1.54) is 31.3 Å². The summed E-state index contributed by atoms with van der Waals surface area (Å²) in [7, 11) is 1.53. The van der Waals surface area contributed by atoms with Gasteiger partial charge in [0.15, 0.2) is 0 Å². The zero-order valence-electron chi connectivity index (χ0n) is 16.8. The van der Waals surface area contributed by atoms with Crippen LogP contribution in [0.15, 0.2) is 36.8 Å². The topological polar surface area (TPSA) is 99.4 Å². The van der Waals surface area contributed by atoms with Gasteiger partial charge in [0.2, 0.25) is 0 Å². The van der Waals surface area contributed by atoms with Gasteiger partial charge in [-0.3, -0.25) is 9.78 Å². The van der Waals surface area contributed by atoms with Crippen molar-refractivity contribution in [2.45, 2.75) is 24.6 Å². The molecule has 158 valence electrons. The first-order chi connectivity index (χ1) is 14.9. The van der Waals surface area contributed by atoms with E-state index in [2.05, 4.69) is 16.0 Å². The number of urea groups is 1. The number of rotatable bonds is 5. The lowest BCUT2D eigenvalue weighted by atomic mass is 10.1. The Labute approximate surface area is 188 Å². The average molecular weight is 456 g/mol. The summed E-state index contributed by atoms with van der Waals surface area (Å²) in [4.78, 5) is 38.4. The summed E-state index contributed by atoms with van der Waals surface area (Å²) in [6.45, 7) is 2.04. The van der Waals surface area contributed by atoms with Gasteiger partial charge in [-0.15, -0.1) is 11.8 Å². The second-order valence-electron chi connectivity index (χ2n) is 7.05. The summed E-state index contributed by atoms with van der Waals surface area (Å²) in [5.74, 6) is 0.200. The number of carbonyl (C=O) groups excluding carboxylic acids is 2. The number of pyridine rings is 2. The largest absolute Gasteiger partial charge is 0.495 e. The minimum atomic E-state index is -0.575. The lowest BCUT2D eigenvalue weighted by Crippen LogP contribution is -2.62. The number of thioether (sulfide) groups is 1. The van der Waals surface area contributed by atoms with E-state index < -0.39 is 17.3 Å². The number of nitrogens with zero attached hydrogens (tertiary/aromatic N) is 5. The van der Waals surface area contributed by atoms with Gasteiger partial charge in [0, 0.05) is 23.2 Å². The average Bonchev–Trinajstić information content (AvgIpc) is 3.19. The van der Waals surface area contributed by atoms with Crippen molar-refractivity contribution in [2.75, 3.05) is 18.6 Å². The maximum atomic E-state index is 13.4. The number of halogens is 1. The van der Waals surface area contributed by atoms with Crippen molar-refractivity contribution in [3.8, 4) is 11.8 Å². The number of ether oxygens (including phenoxy) is 1. The van der Waals surface area contributed by atoms with E-state index in [0.717, 1.165) is 15.4 Å². The van der Waals surface area contributed by atoms with E-state index in [-0.39, 0.29) is 24.0 Å². The first-order valence-electron chi connectivity index (χ1n) is 9.46. The number of imide groups is 1. The molecular formula is C21H18ClN5O3S. The molecule has 2 aliphatic heterocycles. The molecule has 0 aliphatic carbocycles. The molecule has 1 fully saturated rings. The monoisotopic (exact) mass is 455 g/mol. The number of hydrogen-bond donors (Lipinski definition) is 0. The smallest absolute Gasteiger partial charge is 0.332 e. The van der Waals surface area contributed by atoms with Crippen molar-refractivity contribution < 1.29 is 14.3 Å². The zero-order valence-corrected chi connectivity index (χ0v) is 18.4. The van der Waals surface area contributed by atoms with Crippen molar-refractivity contribution >= 4 is 45.9 Å². The Morgan fingerprint density at radius 2 is 2.10 bits per heavy atom. The third-order valence-electron chi connectivity index (χ3n) is 5.05. The van der Waals surface area contributed by atoms with Gasteiger partial charge in [0.25, 0.3) is 5.91 Å². The quantitative estimate of drug-likeness (QED) is 0.634. The molecule has 2 unspecified atom stereocenters. The second-order valence-corrected chi connectivity index (χ2v) is 8.59. The van der Waals surface area contributed by atoms with Crippen molar-refractivity contribution in [1.29, 1.82) is 5.26 Å². The van der Waals surface area contributed by atoms with Crippen LogP contribution in [0, 0.1) is 18.3 Å². The van der Waals surface area contributed by atoms with Crippen LogP contribution in [0.3, 0.4) is 0 Å². The third kappa shape index (κ3) is 3.84. The molecule has 31 heavy (non-hydrogen) atoms. The molecule has 2 atom stereocenters. The number of methoxy groups -OCH3 is 1. The van der Waals surface area contributed by atoms with Gasteiger partial charge >= 0.3 is 6.03 Å². The zero-order chi connectivity index (χ0) is 22.1. The molecule has 0 saturated carbocycles. The van der Waals surface area contributed by atoms with Gasteiger partial charge in [0.1, 0.15) is 16.2 Å². The molecule has 2 aromatic rings. The Morgan fingerprint density at radius 1 is 1.29 bits per heavy atom. The standard InChI is InChI=1S/C21H18ClN5O3S/c1-12-6-13(10-24-9-12)27-20(28)18-16(26(21(27)29)5-3-4-23)8-17(31-18)15-7-14(30-2)11-25-19(15)22/h6-11,16,18H,3,5H2,1-2H3. The SMILES string of the molecule is COc1cnc(Cl)c(C2=CC3C(S2)C(=O)N(c2cncc(C)c2)C(=O)N3CCC#N)c1. The molecule has 1 saturated heterocycles. The van der Waals surface area contributed by atoms with Crippen LogP contribution in [0.25, 0.3) is 4.91 Å². The highest BCUT2D eigenvalue weighted by molar-refractivity contribution is 8.09. The molecule has 10 heteroatoms. The van der Waals surface area contributed by atoms with Crippen LogP contribution in [0.2, 0.25) is 5.15 Å². The summed E-state index contributed by atoms with van der Waals surface area (Å²) in [5, 5.41) is 8.78. The van der Waals surface area contributed by atoms with Crippen molar-refractivity contribution in [1.82, 2.24) is 14.9 Å². The summed E-state index contributed by atoms with van der Waals surface area (Å²) >= 11 is 7.63. The number of aromatic nitrogens is 2. The highest BCUT2D eigenvalue weighted by Crippen LogP contribution is 2.46. The number of hydrogen-bond acceptors (Lipinski definition) is 7. The fourth-order valence-corrected chi connectivity index (χ4v) is 5.20. The predicted octanol–water partition coefficient (Wildman–Crippen LogP) is 3.65. The van der Waals surface area contributed by atoms with Crippen LogP contribution >= 0.6 is 23.4 Å². The molecule has 8 nitrogen and oxygen atoms in total. The normalized spacial score (nSPS) is 20.4. The van der Waals surface area contributed by atoms with E-state index in [0.29, 0.717) is 17.0 Å². The molecule has 0 radical (unpaired) electrons. The molecule has 2 aromatic heterocycles. The summed E-state index contributed by atoms with van der Waals surface area (Å²) in [6, 6.07) is 4.59. The minimum absolute atomic E-state index is 0.151. The molecule has 3 amide bonds. The molecule has 4 rings (SSSR count). The Morgan fingerprint density at radius 3 is 2.81 bits per heavy atom. The second kappa shape index (κ2) is 8.57. The number of carbonyl (C=O) groups is 2. The number of nitriles is 1. The highest BCUT2D eigenvalue weighted by Gasteiger charge is 2.49. The summed E-state index contributed by atoms with van der Waals surface area (Å²) < 4.78 is 5.25. The fraction of sp³-hybridized carbons (Fsp3) is 0.286. The fourth-order valence-electron chi connectivity index (χ4n) is 3.60. The first kappa shape index (κ1) is 21.2. The molecule has 2 aliphatic rings. The lowest BCUT2D eigenvalue weighted by molar-refractivity contribution is -0.119. The molecule has 0 N–H and O–H groups in total. The van der Waals surface area contributed by atoms with Gasteiger partial charge in [-0.1, -0.05) is 11.6 Å². The van der Waals surface area contributed by atoms with Crippen molar-refractivity contribution in [2.24, 2.45) is 0 Å². The van der Waals surface area contributed by atoms with Gasteiger partial charge in [-0.25, -0.2) is 14.7 Å². The minimum Gasteiger partial charge on any atom is -0.495 e. The molecule has 4 heterocycles. The summed E-state index contributed by atoms with van der Waals surface area (Å²) in [6.07, 6.45) is 6.65. The van der Waals surface area contributed by atoms with Gasteiger partial charge < -0.3 is 9.64 Å². The maximum absolute atomic E-state index is 13.4. The van der Waals surface area contributed by atoms with Gasteiger partial charge in [-0.05, 0) is 30.7 Å². The third-order valence-corrected chi connectivity index (χ3v) is 6.69. The Bertz CT molecular complexity index is 1130. The van der Waals surface area contributed by atoms with Crippen LogP contribution in [0.1, 0.15) is 17.5 Å². The molecule has 0 spiro atoms. The van der Waals surface area contributed by atoms with E-state index >= 15 is 0 Å². The van der Waals surface area contributed by atoms with Crippen molar-refractivity contribution in [3.63, 3.8) is 0 Å². The van der Waals surface area contributed by atoms with E-state index in [1.54, 1.807) is 23.2 Å². The van der Waals surface area contributed by atoms with Crippen LogP contribution in [0.4, 0.5) is 10.5 Å². The summed E-state index contributed by atoms with van der Waals surface area (Å²) in [5.41, 5.74) is 1.87. The predicted molar refractivity (Wildman–Crippen MR) is 118 cm³/mol. The maximum Gasteiger partial charge on any atom is 0.332 e. The molecule has 0 bridgehead atoms. The molecular weight excluding hydrogens is 438 g/mol.